The molecule has 126 valence electrons. The van der Waals surface area contributed by atoms with Crippen LogP contribution in [-0.4, -0.2) is 37.0 Å². The summed E-state index contributed by atoms with van der Waals surface area (Å²) in [5.41, 5.74) is 2.30. The van der Waals surface area contributed by atoms with E-state index in [1.54, 1.807) is 19.1 Å². The molecular formula is C17H24N2O4. The Labute approximate surface area is 136 Å². The molecule has 1 rings (SSSR count). The van der Waals surface area contributed by atoms with Gasteiger partial charge in [-0.3, -0.25) is 9.59 Å². The zero-order valence-corrected chi connectivity index (χ0v) is 14.1. The van der Waals surface area contributed by atoms with Crippen LogP contribution in [0.1, 0.15) is 41.8 Å². The monoisotopic (exact) mass is 320 g/mol. The highest BCUT2D eigenvalue weighted by Crippen LogP contribution is 2.10. The third-order valence-corrected chi connectivity index (χ3v) is 3.11. The standard InChI is InChI=1S/C17H24N2O4/c1-5-6-18-16(21)13(4)19-15(20)10-23-17(22)14-8-11(2)7-12(3)9-14/h7-9,13H,5-6,10H2,1-4H3,(H,18,21)(H,19,20)/t13-/m0/s1. The van der Waals surface area contributed by atoms with Gasteiger partial charge in [0.1, 0.15) is 6.04 Å². The second-order valence-corrected chi connectivity index (χ2v) is 5.53. The number of amides is 2. The maximum atomic E-state index is 11.9. The van der Waals surface area contributed by atoms with Crippen molar-refractivity contribution in [1.29, 1.82) is 0 Å². The summed E-state index contributed by atoms with van der Waals surface area (Å²) < 4.78 is 4.98. The summed E-state index contributed by atoms with van der Waals surface area (Å²) in [6.07, 6.45) is 0.819. The van der Waals surface area contributed by atoms with Gasteiger partial charge < -0.3 is 15.4 Å². The summed E-state index contributed by atoms with van der Waals surface area (Å²) in [6, 6.07) is 4.68. The summed E-state index contributed by atoms with van der Waals surface area (Å²) >= 11 is 0. The van der Waals surface area contributed by atoms with E-state index in [9.17, 15) is 14.4 Å². The molecule has 0 heterocycles. The lowest BCUT2D eigenvalue weighted by molar-refractivity contribution is -0.130. The minimum Gasteiger partial charge on any atom is -0.452 e. The fourth-order valence-electron chi connectivity index (χ4n) is 2.06. The molecule has 2 N–H and O–H groups in total. The van der Waals surface area contributed by atoms with Crippen LogP contribution < -0.4 is 10.6 Å². The van der Waals surface area contributed by atoms with Crippen LogP contribution in [0.15, 0.2) is 18.2 Å². The molecule has 0 saturated heterocycles. The molecule has 0 aliphatic rings. The van der Waals surface area contributed by atoms with Gasteiger partial charge in [0.2, 0.25) is 5.91 Å². The van der Waals surface area contributed by atoms with Gasteiger partial charge in [-0.15, -0.1) is 0 Å². The van der Waals surface area contributed by atoms with Gasteiger partial charge in [0, 0.05) is 6.54 Å². The van der Waals surface area contributed by atoms with Gasteiger partial charge >= 0.3 is 5.97 Å². The number of hydrogen-bond acceptors (Lipinski definition) is 4. The maximum absolute atomic E-state index is 11.9. The van der Waals surface area contributed by atoms with Crippen molar-refractivity contribution in [1.82, 2.24) is 10.6 Å². The normalized spacial score (nSPS) is 11.5. The average molecular weight is 320 g/mol. The van der Waals surface area contributed by atoms with Gasteiger partial charge in [-0.25, -0.2) is 4.79 Å². The van der Waals surface area contributed by atoms with Gasteiger partial charge in [-0.05, 0) is 39.3 Å². The molecule has 0 aromatic heterocycles. The van der Waals surface area contributed by atoms with E-state index in [1.807, 2.05) is 26.8 Å². The lowest BCUT2D eigenvalue weighted by Crippen LogP contribution is -2.46. The van der Waals surface area contributed by atoms with Gasteiger partial charge in [0.15, 0.2) is 6.61 Å². The van der Waals surface area contributed by atoms with Crippen molar-refractivity contribution in [2.75, 3.05) is 13.2 Å². The summed E-state index contributed by atoms with van der Waals surface area (Å²) in [4.78, 5) is 35.3. The lowest BCUT2D eigenvalue weighted by atomic mass is 10.1. The van der Waals surface area contributed by atoms with Crippen molar-refractivity contribution < 1.29 is 19.1 Å². The van der Waals surface area contributed by atoms with Crippen LogP contribution in [0.2, 0.25) is 0 Å². The van der Waals surface area contributed by atoms with E-state index in [1.165, 1.54) is 0 Å². The maximum Gasteiger partial charge on any atom is 0.338 e. The molecule has 0 spiro atoms. The number of carbonyl (C=O) groups excluding carboxylic acids is 3. The molecule has 1 aromatic carbocycles. The zero-order valence-electron chi connectivity index (χ0n) is 14.1. The molecule has 0 saturated carbocycles. The second-order valence-electron chi connectivity index (χ2n) is 5.53. The van der Waals surface area contributed by atoms with Crippen LogP contribution in [-0.2, 0) is 14.3 Å². The summed E-state index contributed by atoms with van der Waals surface area (Å²) in [5.74, 6) is -1.34. The van der Waals surface area contributed by atoms with Gasteiger partial charge in [-0.1, -0.05) is 24.1 Å². The van der Waals surface area contributed by atoms with Crippen molar-refractivity contribution in [2.24, 2.45) is 0 Å². The topological polar surface area (TPSA) is 84.5 Å². The molecular weight excluding hydrogens is 296 g/mol. The fourth-order valence-corrected chi connectivity index (χ4v) is 2.06. The predicted octanol–water partition coefficient (Wildman–Crippen LogP) is 1.49. The second kappa shape index (κ2) is 8.92. The molecule has 6 heteroatoms. The third kappa shape index (κ3) is 6.50. The van der Waals surface area contributed by atoms with Crippen LogP contribution in [0.5, 0.6) is 0 Å². The Morgan fingerprint density at radius 2 is 1.74 bits per heavy atom. The Balaban J connectivity index is 2.46. The molecule has 0 fully saturated rings. The van der Waals surface area contributed by atoms with E-state index in [-0.39, 0.29) is 5.91 Å². The van der Waals surface area contributed by atoms with E-state index in [4.69, 9.17) is 4.74 Å². The van der Waals surface area contributed by atoms with Gasteiger partial charge in [0.25, 0.3) is 5.91 Å². The fraction of sp³-hybridized carbons (Fsp3) is 0.471. The molecule has 6 nitrogen and oxygen atoms in total. The number of hydrogen-bond donors (Lipinski definition) is 2. The predicted molar refractivity (Wildman–Crippen MR) is 87.1 cm³/mol. The van der Waals surface area contributed by atoms with Crippen molar-refractivity contribution in [3.63, 3.8) is 0 Å². The van der Waals surface area contributed by atoms with Crippen molar-refractivity contribution in [3.8, 4) is 0 Å². The Morgan fingerprint density at radius 1 is 1.13 bits per heavy atom. The number of nitrogens with one attached hydrogen (secondary N) is 2. The van der Waals surface area contributed by atoms with Crippen molar-refractivity contribution >= 4 is 17.8 Å². The lowest BCUT2D eigenvalue weighted by Gasteiger charge is -2.14. The summed E-state index contributed by atoms with van der Waals surface area (Å²) in [7, 11) is 0. The number of benzene rings is 1. The highest BCUT2D eigenvalue weighted by molar-refractivity contribution is 5.92. The van der Waals surface area contributed by atoms with E-state index in [0.717, 1.165) is 17.5 Å². The molecule has 0 unspecified atom stereocenters. The highest BCUT2D eigenvalue weighted by atomic mass is 16.5. The molecule has 1 aromatic rings. The van der Waals surface area contributed by atoms with E-state index in [2.05, 4.69) is 10.6 Å². The minimum absolute atomic E-state index is 0.263. The van der Waals surface area contributed by atoms with Crippen LogP contribution in [0.25, 0.3) is 0 Å². The number of aryl methyl sites for hydroxylation is 2. The van der Waals surface area contributed by atoms with E-state index < -0.39 is 24.5 Å². The first-order valence-electron chi connectivity index (χ1n) is 7.66. The van der Waals surface area contributed by atoms with Crippen LogP contribution in [0, 0.1) is 13.8 Å². The SMILES string of the molecule is CCCNC(=O)[C@H](C)NC(=O)COC(=O)c1cc(C)cc(C)c1. The first-order valence-corrected chi connectivity index (χ1v) is 7.66. The van der Waals surface area contributed by atoms with E-state index >= 15 is 0 Å². The highest BCUT2D eigenvalue weighted by Gasteiger charge is 2.16. The molecule has 23 heavy (non-hydrogen) atoms. The van der Waals surface area contributed by atoms with Crippen LogP contribution >= 0.6 is 0 Å². The minimum atomic E-state index is -0.672. The Hall–Kier alpha value is -2.37. The number of esters is 1. The quantitative estimate of drug-likeness (QED) is 0.746. The van der Waals surface area contributed by atoms with Crippen molar-refractivity contribution in [3.05, 3.63) is 34.9 Å². The summed E-state index contributed by atoms with van der Waals surface area (Å²) in [6.45, 7) is 7.42. The average Bonchev–Trinajstić information content (AvgIpc) is 2.49. The molecule has 2 amide bonds. The first-order chi connectivity index (χ1) is 10.8. The number of ether oxygens (including phenoxy) is 1. The largest absolute Gasteiger partial charge is 0.452 e. The van der Waals surface area contributed by atoms with Crippen LogP contribution in [0.4, 0.5) is 0 Å². The molecule has 0 aliphatic heterocycles. The zero-order chi connectivity index (χ0) is 17.4. The molecule has 0 radical (unpaired) electrons. The van der Waals surface area contributed by atoms with Crippen molar-refractivity contribution in [2.45, 2.75) is 40.2 Å². The van der Waals surface area contributed by atoms with Crippen LogP contribution in [0.3, 0.4) is 0 Å². The smallest absolute Gasteiger partial charge is 0.338 e. The van der Waals surface area contributed by atoms with Gasteiger partial charge in [-0.2, -0.15) is 0 Å². The van der Waals surface area contributed by atoms with E-state index in [0.29, 0.717) is 12.1 Å². The number of rotatable bonds is 7. The Kier molecular flexibility index (Phi) is 7.25. The summed E-state index contributed by atoms with van der Waals surface area (Å²) in [5, 5.41) is 5.17. The molecule has 0 bridgehead atoms. The third-order valence-electron chi connectivity index (χ3n) is 3.11. The van der Waals surface area contributed by atoms with Gasteiger partial charge in [0.05, 0.1) is 5.56 Å². The Morgan fingerprint density at radius 3 is 2.30 bits per heavy atom. The number of carbonyl (C=O) groups is 3. The molecule has 0 aliphatic carbocycles. The first kappa shape index (κ1) is 18.7. The Bertz CT molecular complexity index is 564. The molecule has 1 atom stereocenters.